The predicted molar refractivity (Wildman–Crippen MR) is 166 cm³/mol. The standard InChI is InChI=1S/C36H44O7/c1-22-7-12-26-18-23(2)36(43-31(26)17-22)21-35(3,4)34(29(39)15-10-24-8-13-27(37)32(19-24)40-5)30(42-36)16-11-25-9-14-28(38)33(20-25)41-6/h8-9,11,13-14,16-17,19-20,23,26,31,37-38H,7,10,12,15,18,21H2,1-6H3/b16-11+/t23-,26?,31?,36?/m1/s1. The Balaban J connectivity index is 1.51. The van der Waals surface area contributed by atoms with E-state index in [-0.39, 0.29) is 35.7 Å². The number of methoxy groups -OCH3 is 2. The van der Waals surface area contributed by atoms with Crippen molar-refractivity contribution in [3.05, 3.63) is 76.6 Å². The fraction of sp³-hybridized carbons (Fsp3) is 0.472. The van der Waals surface area contributed by atoms with Gasteiger partial charge in [-0.1, -0.05) is 50.6 Å². The van der Waals surface area contributed by atoms with Gasteiger partial charge in [0.25, 0.3) is 0 Å². The largest absolute Gasteiger partial charge is 0.504 e. The van der Waals surface area contributed by atoms with Gasteiger partial charge in [0.2, 0.25) is 5.79 Å². The van der Waals surface area contributed by atoms with Crippen LogP contribution in [0, 0.1) is 17.3 Å². The summed E-state index contributed by atoms with van der Waals surface area (Å²) >= 11 is 0. The van der Waals surface area contributed by atoms with Crippen LogP contribution in [0.1, 0.15) is 70.9 Å². The van der Waals surface area contributed by atoms with E-state index >= 15 is 0 Å². The van der Waals surface area contributed by atoms with Crippen LogP contribution in [-0.2, 0) is 20.7 Å². The van der Waals surface area contributed by atoms with Crippen LogP contribution >= 0.6 is 0 Å². The lowest BCUT2D eigenvalue weighted by atomic mass is 9.67. The summed E-state index contributed by atoms with van der Waals surface area (Å²) in [5.74, 6) is 1.14. The minimum Gasteiger partial charge on any atom is -0.504 e. The van der Waals surface area contributed by atoms with E-state index in [0.29, 0.717) is 41.6 Å². The monoisotopic (exact) mass is 588 g/mol. The molecule has 1 fully saturated rings. The first-order valence-electron chi connectivity index (χ1n) is 15.2. The molecule has 0 bridgehead atoms. The fourth-order valence-corrected chi connectivity index (χ4v) is 6.95. The molecule has 5 rings (SSSR count). The lowest BCUT2D eigenvalue weighted by Gasteiger charge is -2.54. The number of hydrogen-bond donors (Lipinski definition) is 2. The predicted octanol–water partition coefficient (Wildman–Crippen LogP) is 7.51. The molecule has 3 aliphatic rings. The summed E-state index contributed by atoms with van der Waals surface area (Å²) in [6.45, 7) is 8.58. The number of aryl methyl sites for hydroxylation is 1. The lowest BCUT2D eigenvalue weighted by Crippen LogP contribution is -2.56. The van der Waals surface area contributed by atoms with Gasteiger partial charge in [0.15, 0.2) is 28.8 Å². The zero-order valence-electron chi connectivity index (χ0n) is 26.1. The number of fused-ring (bicyclic) bond motifs is 1. The summed E-state index contributed by atoms with van der Waals surface area (Å²) in [4.78, 5) is 14.0. The highest BCUT2D eigenvalue weighted by molar-refractivity contribution is 5.98. The number of phenols is 2. The molecule has 2 aromatic carbocycles. The second kappa shape index (κ2) is 12.1. The Morgan fingerprint density at radius 3 is 2.47 bits per heavy atom. The Morgan fingerprint density at radius 2 is 1.74 bits per heavy atom. The molecule has 0 saturated carbocycles. The molecule has 7 nitrogen and oxygen atoms in total. The van der Waals surface area contributed by atoms with E-state index in [4.69, 9.17) is 18.9 Å². The van der Waals surface area contributed by atoms with Gasteiger partial charge >= 0.3 is 0 Å². The number of carbonyl (C=O) groups excluding carboxylic acids is 1. The van der Waals surface area contributed by atoms with E-state index in [1.54, 1.807) is 30.3 Å². The summed E-state index contributed by atoms with van der Waals surface area (Å²) < 4.78 is 24.3. The number of phenolic OH excluding ortho intramolecular Hbond substituents is 2. The van der Waals surface area contributed by atoms with Crippen LogP contribution in [0.5, 0.6) is 23.0 Å². The smallest absolute Gasteiger partial charge is 0.214 e. The molecule has 2 aliphatic heterocycles. The first-order valence-corrected chi connectivity index (χ1v) is 15.2. The Kier molecular flexibility index (Phi) is 8.66. The van der Waals surface area contributed by atoms with Crippen molar-refractivity contribution in [2.24, 2.45) is 17.3 Å². The van der Waals surface area contributed by atoms with Crippen molar-refractivity contribution >= 4 is 11.9 Å². The highest BCUT2D eigenvalue weighted by Gasteiger charge is 2.55. The zero-order chi connectivity index (χ0) is 30.9. The van der Waals surface area contributed by atoms with E-state index in [1.165, 1.54) is 19.8 Å². The minimum atomic E-state index is -0.862. The SMILES string of the molecule is COc1cc(/C=C/C2=C(C(=O)CCc3ccc(O)c(OC)c3)C(C)(C)CC3(O2)OC2C=C(C)CCC2C[C@H]3C)ccc1O. The van der Waals surface area contributed by atoms with Crippen molar-refractivity contribution in [3.63, 3.8) is 0 Å². The van der Waals surface area contributed by atoms with Crippen LogP contribution in [0.25, 0.3) is 6.08 Å². The highest BCUT2D eigenvalue weighted by atomic mass is 16.7. The van der Waals surface area contributed by atoms with E-state index in [1.807, 2.05) is 18.2 Å². The zero-order valence-corrected chi connectivity index (χ0v) is 26.1. The first-order chi connectivity index (χ1) is 20.4. The van der Waals surface area contributed by atoms with Crippen LogP contribution in [0.2, 0.25) is 0 Å². The third kappa shape index (κ3) is 6.32. The molecule has 230 valence electrons. The fourth-order valence-electron chi connectivity index (χ4n) is 6.95. The summed E-state index contributed by atoms with van der Waals surface area (Å²) in [5.41, 5.74) is 3.16. The second-order valence-electron chi connectivity index (χ2n) is 12.9. The maximum Gasteiger partial charge on any atom is 0.214 e. The Hall–Kier alpha value is -3.71. The van der Waals surface area contributed by atoms with Crippen molar-refractivity contribution in [2.45, 2.75) is 78.1 Å². The summed E-state index contributed by atoms with van der Waals surface area (Å²) in [7, 11) is 3.02. The molecule has 3 unspecified atom stereocenters. The molecule has 1 spiro atoms. The summed E-state index contributed by atoms with van der Waals surface area (Å²) in [5, 5.41) is 20.1. The van der Waals surface area contributed by atoms with Crippen molar-refractivity contribution in [1.29, 1.82) is 0 Å². The van der Waals surface area contributed by atoms with Gasteiger partial charge in [-0.05, 0) is 80.0 Å². The average molecular weight is 589 g/mol. The van der Waals surface area contributed by atoms with Crippen LogP contribution < -0.4 is 9.47 Å². The molecule has 2 N–H and O–H groups in total. The number of hydrogen-bond acceptors (Lipinski definition) is 7. The number of ketones is 1. The quantitative estimate of drug-likeness (QED) is 0.308. The number of rotatable bonds is 8. The van der Waals surface area contributed by atoms with Crippen molar-refractivity contribution in [1.82, 2.24) is 0 Å². The molecule has 0 radical (unpaired) electrons. The normalized spacial score (nSPS) is 26.6. The van der Waals surface area contributed by atoms with Gasteiger partial charge in [0, 0.05) is 29.7 Å². The van der Waals surface area contributed by atoms with Gasteiger partial charge in [0.05, 0.1) is 20.3 Å². The third-order valence-corrected chi connectivity index (χ3v) is 9.25. The first kappa shape index (κ1) is 30.7. The van der Waals surface area contributed by atoms with Gasteiger partial charge < -0.3 is 29.2 Å². The van der Waals surface area contributed by atoms with Gasteiger partial charge in [-0.3, -0.25) is 4.79 Å². The summed E-state index contributed by atoms with van der Waals surface area (Å²) in [6.07, 6.45) is 10.5. The molecule has 0 aromatic heterocycles. The Morgan fingerprint density at radius 1 is 1.05 bits per heavy atom. The maximum absolute atomic E-state index is 14.0. The molecule has 1 aliphatic carbocycles. The van der Waals surface area contributed by atoms with Gasteiger partial charge in [-0.15, -0.1) is 0 Å². The minimum absolute atomic E-state index is 0.00424. The Labute approximate surface area is 254 Å². The number of allylic oxidation sites excluding steroid dienone is 3. The van der Waals surface area contributed by atoms with Crippen LogP contribution in [0.15, 0.2) is 65.5 Å². The van der Waals surface area contributed by atoms with E-state index in [9.17, 15) is 15.0 Å². The van der Waals surface area contributed by atoms with Gasteiger partial charge in [-0.2, -0.15) is 0 Å². The number of Topliss-reactive ketones (excluding diaryl/α,β-unsaturated/α-hetero) is 1. The van der Waals surface area contributed by atoms with E-state index in [2.05, 4.69) is 33.8 Å². The van der Waals surface area contributed by atoms with Crippen LogP contribution in [-0.4, -0.2) is 42.1 Å². The average Bonchev–Trinajstić information content (AvgIpc) is 2.96. The topological polar surface area (TPSA) is 94.5 Å². The van der Waals surface area contributed by atoms with E-state index in [0.717, 1.165) is 30.4 Å². The van der Waals surface area contributed by atoms with Gasteiger partial charge in [0.1, 0.15) is 5.76 Å². The number of carbonyl (C=O) groups is 1. The number of benzene rings is 2. The molecule has 43 heavy (non-hydrogen) atoms. The Bertz CT molecular complexity index is 1470. The van der Waals surface area contributed by atoms with Gasteiger partial charge in [-0.25, -0.2) is 0 Å². The van der Waals surface area contributed by atoms with Crippen molar-refractivity contribution in [2.75, 3.05) is 14.2 Å². The van der Waals surface area contributed by atoms with Crippen molar-refractivity contribution < 1.29 is 34.0 Å². The second-order valence-corrected chi connectivity index (χ2v) is 12.9. The van der Waals surface area contributed by atoms with Crippen LogP contribution in [0.4, 0.5) is 0 Å². The number of aromatic hydroxyl groups is 2. The number of ether oxygens (including phenoxy) is 4. The molecular formula is C36H44O7. The van der Waals surface area contributed by atoms with E-state index < -0.39 is 11.2 Å². The molecule has 0 amide bonds. The van der Waals surface area contributed by atoms with Crippen molar-refractivity contribution in [3.8, 4) is 23.0 Å². The molecule has 4 atom stereocenters. The molecule has 1 saturated heterocycles. The lowest BCUT2D eigenvalue weighted by molar-refractivity contribution is -0.308. The van der Waals surface area contributed by atoms with Crippen LogP contribution in [0.3, 0.4) is 0 Å². The summed E-state index contributed by atoms with van der Waals surface area (Å²) in [6, 6.07) is 10.3. The maximum atomic E-state index is 14.0. The highest BCUT2D eigenvalue weighted by Crippen LogP contribution is 2.54. The molecular weight excluding hydrogens is 544 g/mol. The molecule has 7 heteroatoms. The molecule has 2 aromatic rings. The third-order valence-electron chi connectivity index (χ3n) is 9.25. The molecule has 2 heterocycles.